The summed E-state index contributed by atoms with van der Waals surface area (Å²) in [6.07, 6.45) is 1.68. The fraction of sp³-hybridized carbons (Fsp3) is 0. The number of fused-ring (bicyclic) bond motifs is 1. The van der Waals surface area contributed by atoms with Crippen LogP contribution in [0.2, 0.25) is 0 Å². The maximum atomic E-state index is 5.49. The summed E-state index contributed by atoms with van der Waals surface area (Å²) < 4.78 is 4.44. The summed E-state index contributed by atoms with van der Waals surface area (Å²) in [5, 5.41) is 13.4. The fourth-order valence-corrected chi connectivity index (χ4v) is 1.73. The lowest BCUT2D eigenvalue weighted by Gasteiger charge is -1.99. The van der Waals surface area contributed by atoms with Crippen LogP contribution in [0, 0.1) is 0 Å². The van der Waals surface area contributed by atoms with Gasteiger partial charge in [-0.25, -0.2) is 4.63 Å². The largest absolute Gasteiger partial charge is 0.378 e. The van der Waals surface area contributed by atoms with E-state index in [1.807, 2.05) is 30.3 Å². The van der Waals surface area contributed by atoms with Gasteiger partial charge in [0.1, 0.15) is 0 Å². The molecular formula is C13H11N5O. The summed E-state index contributed by atoms with van der Waals surface area (Å²) in [7, 11) is 0. The maximum absolute atomic E-state index is 5.49. The number of anilines is 2. The second-order valence-corrected chi connectivity index (χ2v) is 3.97. The third-order valence-corrected chi connectivity index (χ3v) is 2.67. The number of hydrogen-bond acceptors (Lipinski definition) is 6. The van der Waals surface area contributed by atoms with E-state index in [0.717, 1.165) is 10.9 Å². The molecule has 19 heavy (non-hydrogen) atoms. The van der Waals surface area contributed by atoms with Crippen LogP contribution < -0.4 is 11.2 Å². The number of nitrogens with one attached hydrogen (secondary N) is 1. The van der Waals surface area contributed by atoms with Crippen LogP contribution in [0.3, 0.4) is 0 Å². The van der Waals surface area contributed by atoms with Crippen LogP contribution in [0.4, 0.5) is 11.6 Å². The first kappa shape index (κ1) is 11.2. The molecule has 0 spiro atoms. The van der Waals surface area contributed by atoms with Crippen LogP contribution in [-0.2, 0) is 0 Å². The Morgan fingerprint density at radius 2 is 1.95 bits per heavy atom. The second-order valence-electron chi connectivity index (χ2n) is 3.97. The van der Waals surface area contributed by atoms with Gasteiger partial charge in [-0.2, -0.15) is 5.10 Å². The van der Waals surface area contributed by atoms with Crippen LogP contribution in [-0.4, -0.2) is 16.5 Å². The Morgan fingerprint density at radius 3 is 2.74 bits per heavy atom. The molecule has 0 aliphatic heterocycles. The highest BCUT2D eigenvalue weighted by molar-refractivity contribution is 5.90. The SMILES string of the molecule is Nc1nonc1N/N=C/c1ccc2ccccc2c1. The average molecular weight is 253 g/mol. The van der Waals surface area contributed by atoms with E-state index >= 15 is 0 Å². The minimum Gasteiger partial charge on any atom is -0.378 e. The van der Waals surface area contributed by atoms with Gasteiger partial charge in [0.2, 0.25) is 11.6 Å². The van der Waals surface area contributed by atoms with Gasteiger partial charge in [0.15, 0.2) is 0 Å². The molecule has 3 N–H and O–H groups in total. The zero-order valence-electron chi connectivity index (χ0n) is 9.95. The predicted octanol–water partition coefficient (Wildman–Crippen LogP) is 2.25. The van der Waals surface area contributed by atoms with Crippen LogP contribution in [0.5, 0.6) is 0 Å². The van der Waals surface area contributed by atoms with E-state index in [2.05, 4.69) is 37.6 Å². The normalized spacial score (nSPS) is 11.2. The molecule has 0 fully saturated rings. The van der Waals surface area contributed by atoms with Crippen LogP contribution >= 0.6 is 0 Å². The van der Waals surface area contributed by atoms with E-state index in [4.69, 9.17) is 5.73 Å². The minimum atomic E-state index is 0.177. The molecule has 0 saturated heterocycles. The highest BCUT2D eigenvalue weighted by Gasteiger charge is 2.02. The van der Waals surface area contributed by atoms with Gasteiger partial charge in [-0.3, -0.25) is 5.43 Å². The molecule has 0 bridgehead atoms. The molecule has 3 rings (SSSR count). The van der Waals surface area contributed by atoms with Gasteiger partial charge in [-0.1, -0.05) is 36.4 Å². The van der Waals surface area contributed by atoms with Gasteiger partial charge in [0, 0.05) is 0 Å². The molecule has 0 aliphatic rings. The van der Waals surface area contributed by atoms with Gasteiger partial charge >= 0.3 is 0 Å². The summed E-state index contributed by atoms with van der Waals surface area (Å²) in [5.41, 5.74) is 9.13. The topological polar surface area (TPSA) is 89.3 Å². The number of rotatable bonds is 3. The average Bonchev–Trinajstić information content (AvgIpc) is 2.84. The smallest absolute Gasteiger partial charge is 0.235 e. The van der Waals surface area contributed by atoms with Crippen molar-refractivity contribution in [1.29, 1.82) is 0 Å². The third kappa shape index (κ3) is 2.37. The van der Waals surface area contributed by atoms with Crippen LogP contribution in [0.25, 0.3) is 10.8 Å². The number of aromatic nitrogens is 2. The molecule has 1 aromatic heterocycles. The van der Waals surface area contributed by atoms with Crippen molar-refractivity contribution in [1.82, 2.24) is 10.3 Å². The Morgan fingerprint density at radius 1 is 1.11 bits per heavy atom. The van der Waals surface area contributed by atoms with Crippen LogP contribution in [0.15, 0.2) is 52.2 Å². The molecule has 0 aliphatic carbocycles. The van der Waals surface area contributed by atoms with Crippen molar-refractivity contribution in [3.05, 3.63) is 48.0 Å². The molecule has 6 nitrogen and oxygen atoms in total. The molecule has 0 atom stereocenters. The van der Waals surface area contributed by atoms with Crippen molar-refractivity contribution < 1.29 is 4.63 Å². The molecule has 1 heterocycles. The molecule has 0 radical (unpaired) electrons. The Kier molecular flexibility index (Phi) is 2.82. The Labute approximate surface area is 108 Å². The van der Waals surface area contributed by atoms with Crippen molar-refractivity contribution in [3.8, 4) is 0 Å². The third-order valence-electron chi connectivity index (χ3n) is 2.67. The van der Waals surface area contributed by atoms with Gasteiger partial charge in [0.05, 0.1) is 6.21 Å². The molecule has 2 aromatic carbocycles. The molecule has 0 amide bonds. The Hall–Kier alpha value is -2.89. The van der Waals surface area contributed by atoms with E-state index in [0.29, 0.717) is 5.82 Å². The van der Waals surface area contributed by atoms with Crippen molar-refractivity contribution in [2.24, 2.45) is 5.10 Å². The monoisotopic (exact) mass is 253 g/mol. The lowest BCUT2D eigenvalue weighted by Crippen LogP contribution is -1.95. The van der Waals surface area contributed by atoms with Crippen molar-refractivity contribution in [2.45, 2.75) is 0 Å². The highest BCUT2D eigenvalue weighted by Crippen LogP contribution is 2.15. The number of hydrazone groups is 1. The number of nitrogens with zero attached hydrogens (tertiary/aromatic N) is 3. The molecule has 0 saturated carbocycles. The molecule has 6 heteroatoms. The zero-order valence-corrected chi connectivity index (χ0v) is 9.95. The van der Waals surface area contributed by atoms with Gasteiger partial charge in [0.25, 0.3) is 0 Å². The maximum Gasteiger partial charge on any atom is 0.235 e. The van der Waals surface area contributed by atoms with Crippen LogP contribution in [0.1, 0.15) is 5.56 Å². The molecule has 0 unspecified atom stereocenters. The fourth-order valence-electron chi connectivity index (χ4n) is 1.73. The zero-order chi connectivity index (χ0) is 13.1. The van der Waals surface area contributed by atoms with Crippen molar-refractivity contribution in [3.63, 3.8) is 0 Å². The predicted molar refractivity (Wildman–Crippen MR) is 73.9 cm³/mol. The minimum absolute atomic E-state index is 0.177. The Balaban J connectivity index is 1.79. The molecular weight excluding hydrogens is 242 g/mol. The number of hydrogen-bond donors (Lipinski definition) is 2. The summed E-state index contributed by atoms with van der Waals surface area (Å²) in [6, 6.07) is 14.2. The summed E-state index contributed by atoms with van der Waals surface area (Å²) in [6.45, 7) is 0. The Bertz CT molecular complexity index is 734. The number of benzene rings is 2. The summed E-state index contributed by atoms with van der Waals surface area (Å²) in [4.78, 5) is 0. The van der Waals surface area contributed by atoms with Gasteiger partial charge in [-0.05, 0) is 32.7 Å². The summed E-state index contributed by atoms with van der Waals surface area (Å²) in [5.74, 6) is 0.479. The summed E-state index contributed by atoms with van der Waals surface area (Å²) >= 11 is 0. The lowest BCUT2D eigenvalue weighted by atomic mass is 10.1. The van der Waals surface area contributed by atoms with Gasteiger partial charge < -0.3 is 5.73 Å². The second kappa shape index (κ2) is 4.77. The van der Waals surface area contributed by atoms with E-state index < -0.39 is 0 Å². The van der Waals surface area contributed by atoms with E-state index in [1.54, 1.807) is 6.21 Å². The standard InChI is InChI=1S/C13H11N5O/c14-12-13(18-19-17-12)16-15-8-9-5-6-10-3-1-2-4-11(10)7-9/h1-8H,(H2,14,17)(H,16,18)/b15-8+. The highest BCUT2D eigenvalue weighted by atomic mass is 16.6. The molecule has 3 aromatic rings. The van der Waals surface area contributed by atoms with E-state index in [9.17, 15) is 0 Å². The first-order valence-corrected chi connectivity index (χ1v) is 5.69. The van der Waals surface area contributed by atoms with E-state index in [1.165, 1.54) is 5.39 Å². The van der Waals surface area contributed by atoms with Gasteiger partial charge in [-0.15, -0.1) is 0 Å². The number of nitrogen functional groups attached to an aromatic ring is 1. The first-order valence-electron chi connectivity index (χ1n) is 5.69. The van der Waals surface area contributed by atoms with E-state index in [-0.39, 0.29) is 5.82 Å². The number of nitrogens with two attached hydrogens (primary N) is 1. The lowest BCUT2D eigenvalue weighted by molar-refractivity contribution is 0.310. The van der Waals surface area contributed by atoms with Crippen molar-refractivity contribution >= 4 is 28.6 Å². The first-order chi connectivity index (χ1) is 9.33. The van der Waals surface area contributed by atoms with Crippen molar-refractivity contribution in [2.75, 3.05) is 11.2 Å². The molecule has 94 valence electrons. The quantitative estimate of drug-likeness (QED) is 0.552.